The van der Waals surface area contributed by atoms with Crippen LogP contribution in [0.15, 0.2) is 67.8 Å². The zero-order valence-corrected chi connectivity index (χ0v) is 19.3. The third-order valence-corrected chi connectivity index (χ3v) is 6.93. The van der Waals surface area contributed by atoms with E-state index < -0.39 is 5.92 Å². The van der Waals surface area contributed by atoms with Crippen molar-refractivity contribution < 1.29 is 0 Å². The molecule has 1 aliphatic rings. The minimum absolute atomic E-state index is 0.0659. The van der Waals surface area contributed by atoms with Gasteiger partial charge in [-0.05, 0) is 41.5 Å². The molecule has 0 bridgehead atoms. The Hall–Kier alpha value is -2.91. The number of benzene rings is 2. The first-order valence-electron chi connectivity index (χ1n) is 8.73. The monoisotopic (exact) mass is 538 g/mol. The van der Waals surface area contributed by atoms with Crippen molar-refractivity contribution in [1.82, 2.24) is 4.57 Å². The predicted molar refractivity (Wildman–Crippen MR) is 124 cm³/mol. The molecule has 0 spiro atoms. The van der Waals surface area contributed by atoms with Crippen molar-refractivity contribution in [1.29, 1.82) is 10.5 Å². The van der Waals surface area contributed by atoms with Crippen LogP contribution in [0, 0.1) is 22.7 Å². The first-order valence-corrected chi connectivity index (χ1v) is 11.1. The lowest BCUT2D eigenvalue weighted by atomic mass is 9.84. The van der Waals surface area contributed by atoms with E-state index in [4.69, 9.17) is 5.73 Å². The molecular formula is C22H12Br2N4OS. The zero-order valence-electron chi connectivity index (χ0n) is 15.3. The van der Waals surface area contributed by atoms with Gasteiger partial charge >= 0.3 is 0 Å². The molecule has 2 aromatic carbocycles. The number of allylic oxidation sites excluding steroid dienone is 1. The van der Waals surface area contributed by atoms with Crippen molar-refractivity contribution in [2.75, 3.05) is 0 Å². The first kappa shape index (κ1) is 20.4. The van der Waals surface area contributed by atoms with Crippen LogP contribution >= 0.6 is 43.2 Å². The van der Waals surface area contributed by atoms with Gasteiger partial charge in [-0.2, -0.15) is 10.5 Å². The van der Waals surface area contributed by atoms with Gasteiger partial charge in [0.1, 0.15) is 10.5 Å². The molecule has 0 radical (unpaired) electrons. The van der Waals surface area contributed by atoms with Crippen molar-refractivity contribution in [2.24, 2.45) is 5.73 Å². The molecule has 2 heterocycles. The van der Waals surface area contributed by atoms with Crippen LogP contribution in [0.25, 0.3) is 17.5 Å². The highest BCUT2D eigenvalue weighted by Crippen LogP contribution is 2.35. The van der Waals surface area contributed by atoms with Gasteiger partial charge in [0.05, 0.1) is 33.7 Å². The van der Waals surface area contributed by atoms with Crippen LogP contribution in [0.3, 0.4) is 0 Å². The molecule has 3 aromatic rings. The lowest BCUT2D eigenvalue weighted by Crippen LogP contribution is -2.38. The number of nitrogens with zero attached hydrogens (tertiary/aromatic N) is 3. The predicted octanol–water partition coefficient (Wildman–Crippen LogP) is 3.39. The molecule has 4 rings (SSSR count). The second kappa shape index (κ2) is 8.08. The van der Waals surface area contributed by atoms with E-state index in [-0.39, 0.29) is 17.0 Å². The maximum Gasteiger partial charge on any atom is 0.274 e. The van der Waals surface area contributed by atoms with Crippen molar-refractivity contribution in [3.05, 3.63) is 93.7 Å². The summed E-state index contributed by atoms with van der Waals surface area (Å²) in [6.07, 6.45) is 1.76. The van der Waals surface area contributed by atoms with Crippen LogP contribution in [0.4, 0.5) is 0 Å². The van der Waals surface area contributed by atoms with Gasteiger partial charge in [-0.25, -0.2) is 0 Å². The van der Waals surface area contributed by atoms with Gasteiger partial charge in [-0.3, -0.25) is 9.36 Å². The fraction of sp³-hybridized carbons (Fsp3) is 0.0455. The average Bonchev–Trinajstić information content (AvgIpc) is 3.06. The standard InChI is InChI=1S/C22H12Br2N4OS/c23-14-5-1-12(2-6-14)9-18-21(29)28-20(27)16(10-25)19(17(11-26)22(28)30-18)13-3-7-15(24)8-4-13/h1-9,19H,27H2/b18-9-/t19-/m1/s1. The second-order valence-electron chi connectivity index (χ2n) is 6.53. The number of nitrogens with two attached hydrogens (primary N) is 1. The number of aromatic nitrogens is 1. The Morgan fingerprint density at radius 2 is 1.53 bits per heavy atom. The first-order chi connectivity index (χ1) is 14.4. The molecule has 0 fully saturated rings. The molecule has 0 amide bonds. The maximum absolute atomic E-state index is 13.1. The van der Waals surface area contributed by atoms with E-state index >= 15 is 0 Å². The summed E-state index contributed by atoms with van der Waals surface area (Å²) in [7, 11) is 0. The minimum Gasteiger partial charge on any atom is -0.384 e. The largest absolute Gasteiger partial charge is 0.384 e. The Labute approximate surface area is 192 Å². The highest BCUT2D eigenvalue weighted by Gasteiger charge is 2.32. The molecule has 1 atom stereocenters. The van der Waals surface area contributed by atoms with Crippen molar-refractivity contribution in [3.8, 4) is 12.1 Å². The highest BCUT2D eigenvalue weighted by molar-refractivity contribution is 9.10. The normalized spacial score (nSPS) is 16.2. The number of nitriles is 2. The van der Waals surface area contributed by atoms with Crippen LogP contribution < -0.4 is 20.5 Å². The van der Waals surface area contributed by atoms with E-state index in [0.29, 0.717) is 14.8 Å². The topological polar surface area (TPSA) is 95.6 Å². The SMILES string of the molecule is N#CC1=C(N)n2c(s/c(=C\c3ccc(Br)cc3)c2=O)=C(C#N)[C@@H]1c1ccc(Br)cc1. The number of rotatable bonds is 2. The second-order valence-corrected chi connectivity index (χ2v) is 9.39. The van der Waals surface area contributed by atoms with Gasteiger partial charge in [0.25, 0.3) is 5.56 Å². The highest BCUT2D eigenvalue weighted by atomic mass is 79.9. The smallest absolute Gasteiger partial charge is 0.274 e. The Morgan fingerprint density at radius 1 is 0.967 bits per heavy atom. The van der Waals surface area contributed by atoms with Gasteiger partial charge in [0, 0.05) is 8.95 Å². The lowest BCUT2D eigenvalue weighted by Gasteiger charge is -2.22. The van der Waals surface area contributed by atoms with E-state index in [1.807, 2.05) is 48.5 Å². The Kier molecular flexibility index (Phi) is 5.48. The van der Waals surface area contributed by atoms with E-state index in [9.17, 15) is 15.3 Å². The molecule has 0 saturated heterocycles. The summed E-state index contributed by atoms with van der Waals surface area (Å²) in [5.74, 6) is -0.553. The molecular weight excluding hydrogens is 528 g/mol. The quantitative estimate of drug-likeness (QED) is 0.540. The third-order valence-electron chi connectivity index (χ3n) is 4.76. The van der Waals surface area contributed by atoms with Crippen LogP contribution in [-0.2, 0) is 0 Å². The average molecular weight is 540 g/mol. The fourth-order valence-corrected chi connectivity index (χ4v) is 5.01. The molecule has 8 heteroatoms. The van der Waals surface area contributed by atoms with Crippen molar-refractivity contribution in [3.63, 3.8) is 0 Å². The lowest BCUT2D eigenvalue weighted by molar-refractivity contribution is 0.906. The number of halogens is 2. The third kappa shape index (κ3) is 3.44. The van der Waals surface area contributed by atoms with Crippen molar-refractivity contribution >= 4 is 60.7 Å². The maximum atomic E-state index is 13.1. The number of hydrogen-bond donors (Lipinski definition) is 1. The van der Waals surface area contributed by atoms with Gasteiger partial charge in [-0.15, -0.1) is 11.3 Å². The van der Waals surface area contributed by atoms with Gasteiger partial charge < -0.3 is 5.73 Å². The molecule has 1 aromatic heterocycles. The minimum atomic E-state index is -0.619. The fourth-order valence-electron chi connectivity index (χ4n) is 3.35. The van der Waals surface area contributed by atoms with E-state index in [1.54, 1.807) is 6.08 Å². The number of thiazole rings is 1. The van der Waals surface area contributed by atoms with Gasteiger partial charge in [0.2, 0.25) is 0 Å². The summed E-state index contributed by atoms with van der Waals surface area (Å²) in [5, 5.41) is 19.8. The molecule has 2 N–H and O–H groups in total. The zero-order chi connectivity index (χ0) is 21.4. The van der Waals surface area contributed by atoms with Crippen LogP contribution in [0.1, 0.15) is 17.0 Å². The summed E-state index contributed by atoms with van der Waals surface area (Å²) < 4.78 is 3.99. The van der Waals surface area contributed by atoms with E-state index in [1.165, 1.54) is 15.9 Å². The van der Waals surface area contributed by atoms with E-state index in [0.717, 1.165) is 20.1 Å². The summed E-state index contributed by atoms with van der Waals surface area (Å²) in [4.78, 5) is 13.1. The molecule has 146 valence electrons. The number of hydrogen-bond acceptors (Lipinski definition) is 5. The summed E-state index contributed by atoms with van der Waals surface area (Å²) >= 11 is 7.99. The Morgan fingerprint density at radius 3 is 2.10 bits per heavy atom. The summed E-state index contributed by atoms with van der Waals surface area (Å²) in [6, 6.07) is 19.2. The summed E-state index contributed by atoms with van der Waals surface area (Å²) in [6.45, 7) is 0. The molecule has 1 aliphatic heterocycles. The van der Waals surface area contributed by atoms with Crippen molar-refractivity contribution in [2.45, 2.75) is 5.92 Å². The van der Waals surface area contributed by atoms with Crippen LogP contribution in [-0.4, -0.2) is 4.57 Å². The van der Waals surface area contributed by atoms with E-state index in [2.05, 4.69) is 44.0 Å². The van der Waals surface area contributed by atoms with Gasteiger partial charge in [0.15, 0.2) is 0 Å². The Balaban J connectivity index is 2.04. The Bertz CT molecular complexity index is 1450. The summed E-state index contributed by atoms with van der Waals surface area (Å²) in [5.41, 5.74) is 8.07. The molecule has 30 heavy (non-hydrogen) atoms. The molecule has 0 aliphatic carbocycles. The number of fused-ring (bicyclic) bond motifs is 1. The van der Waals surface area contributed by atoms with Gasteiger partial charge in [-0.1, -0.05) is 56.1 Å². The van der Waals surface area contributed by atoms with Crippen LogP contribution in [0.5, 0.6) is 0 Å². The molecule has 5 nitrogen and oxygen atoms in total. The van der Waals surface area contributed by atoms with Crippen LogP contribution in [0.2, 0.25) is 0 Å². The molecule has 0 unspecified atom stereocenters. The molecule has 0 saturated carbocycles.